The number of hydrogen-bond acceptors (Lipinski definition) is 2. The number of halogens is 5. The fourth-order valence-electron chi connectivity index (χ4n) is 1.60. The largest absolute Gasteiger partial charge is 0.416 e. The van der Waals surface area contributed by atoms with Crippen LogP contribution in [-0.4, -0.2) is 8.42 Å². The second-order valence-electron chi connectivity index (χ2n) is 4.25. The Balaban J connectivity index is 2.39. The van der Waals surface area contributed by atoms with Gasteiger partial charge in [0.25, 0.3) is 10.0 Å². The van der Waals surface area contributed by atoms with Crippen LogP contribution < -0.4 is 4.72 Å². The third-order valence-corrected chi connectivity index (χ3v) is 4.73. The molecule has 0 unspecified atom stereocenters. The van der Waals surface area contributed by atoms with Crippen LogP contribution in [0.25, 0.3) is 0 Å². The zero-order chi connectivity index (χ0) is 16.5. The lowest BCUT2D eigenvalue weighted by atomic mass is 10.2. The number of alkyl halides is 3. The number of rotatable bonds is 3. The quantitative estimate of drug-likeness (QED) is 0.779. The van der Waals surface area contributed by atoms with E-state index >= 15 is 0 Å². The molecule has 0 spiro atoms. The lowest BCUT2D eigenvalue weighted by Gasteiger charge is -2.13. The highest BCUT2D eigenvalue weighted by Gasteiger charge is 2.31. The number of nitrogens with one attached hydrogen (secondary N) is 1. The van der Waals surface area contributed by atoms with Gasteiger partial charge in [0.05, 0.1) is 16.1 Å². The Morgan fingerprint density at radius 1 is 1.00 bits per heavy atom. The predicted molar refractivity (Wildman–Crippen MR) is 76.4 cm³/mol. The van der Waals surface area contributed by atoms with E-state index in [1.165, 1.54) is 0 Å². The number of hydrogen-bond donors (Lipinski definition) is 1. The highest BCUT2D eigenvalue weighted by molar-refractivity contribution is 9.10. The summed E-state index contributed by atoms with van der Waals surface area (Å²) in [6.07, 6.45) is -4.60. The summed E-state index contributed by atoms with van der Waals surface area (Å²) in [6.45, 7) is 0. The zero-order valence-corrected chi connectivity index (χ0v) is 13.1. The van der Waals surface area contributed by atoms with Crippen molar-refractivity contribution in [2.75, 3.05) is 4.72 Å². The Labute approximate surface area is 132 Å². The summed E-state index contributed by atoms with van der Waals surface area (Å²) < 4.78 is 77.2. The maximum atomic E-state index is 12.8. The van der Waals surface area contributed by atoms with Gasteiger partial charge in [-0.25, -0.2) is 12.8 Å². The van der Waals surface area contributed by atoms with E-state index in [4.69, 9.17) is 0 Å². The lowest BCUT2D eigenvalue weighted by Crippen LogP contribution is -2.14. The molecule has 118 valence electrons. The van der Waals surface area contributed by atoms with Crippen LogP contribution in [0.3, 0.4) is 0 Å². The minimum atomic E-state index is -4.60. The van der Waals surface area contributed by atoms with Gasteiger partial charge in [0.1, 0.15) is 5.82 Å². The molecule has 1 N–H and O–H groups in total. The van der Waals surface area contributed by atoms with Crippen LogP contribution in [0.4, 0.5) is 23.2 Å². The molecule has 3 nitrogen and oxygen atoms in total. The van der Waals surface area contributed by atoms with Crippen LogP contribution in [0.1, 0.15) is 5.56 Å². The standard InChI is InChI=1S/C13H8BrF4NO2S/c14-11-6-1-8(13(16,17)18)7-12(11)19-22(20,21)10-4-2-9(15)3-5-10/h1-7,19H. The van der Waals surface area contributed by atoms with Crippen molar-refractivity contribution in [1.29, 1.82) is 0 Å². The van der Waals surface area contributed by atoms with Crippen molar-refractivity contribution < 1.29 is 26.0 Å². The fraction of sp³-hybridized carbons (Fsp3) is 0.0769. The van der Waals surface area contributed by atoms with Gasteiger partial charge < -0.3 is 0 Å². The molecule has 0 atom stereocenters. The van der Waals surface area contributed by atoms with Gasteiger partial charge in [-0.1, -0.05) is 0 Å². The molecular formula is C13H8BrF4NO2S. The molecule has 2 rings (SSSR count). The van der Waals surface area contributed by atoms with E-state index < -0.39 is 27.6 Å². The summed E-state index contributed by atoms with van der Waals surface area (Å²) in [7, 11) is -4.13. The van der Waals surface area contributed by atoms with Crippen molar-refractivity contribution in [2.45, 2.75) is 11.1 Å². The van der Waals surface area contributed by atoms with Gasteiger partial charge in [0.2, 0.25) is 0 Å². The van der Waals surface area contributed by atoms with Crippen LogP contribution in [0.15, 0.2) is 51.8 Å². The second kappa shape index (κ2) is 5.88. The van der Waals surface area contributed by atoms with Crippen LogP contribution >= 0.6 is 15.9 Å². The van der Waals surface area contributed by atoms with Crippen molar-refractivity contribution in [3.63, 3.8) is 0 Å². The normalized spacial score (nSPS) is 12.2. The first-order valence-corrected chi connectivity index (χ1v) is 8.02. The van der Waals surface area contributed by atoms with Crippen molar-refractivity contribution in [2.24, 2.45) is 0 Å². The van der Waals surface area contributed by atoms with Gasteiger partial charge in [0, 0.05) is 4.47 Å². The summed E-state index contributed by atoms with van der Waals surface area (Å²) >= 11 is 2.98. The van der Waals surface area contributed by atoms with Gasteiger partial charge in [-0.15, -0.1) is 0 Å². The molecule has 2 aromatic carbocycles. The summed E-state index contributed by atoms with van der Waals surface area (Å²) in [5.41, 5.74) is -1.26. The van der Waals surface area contributed by atoms with E-state index in [-0.39, 0.29) is 15.1 Å². The Morgan fingerprint density at radius 2 is 1.59 bits per heavy atom. The maximum absolute atomic E-state index is 12.8. The Bertz CT molecular complexity index is 789. The number of benzene rings is 2. The molecular weight excluding hydrogens is 390 g/mol. The molecule has 0 heterocycles. The smallest absolute Gasteiger partial charge is 0.278 e. The SMILES string of the molecule is O=S(=O)(Nc1cc(C(F)(F)F)ccc1Br)c1ccc(F)cc1. The van der Waals surface area contributed by atoms with Crippen LogP contribution in [0.2, 0.25) is 0 Å². The third kappa shape index (κ3) is 3.77. The Kier molecular flexibility index (Phi) is 4.48. The average Bonchev–Trinajstić information content (AvgIpc) is 2.40. The second-order valence-corrected chi connectivity index (χ2v) is 6.79. The molecule has 0 aliphatic rings. The van der Waals surface area contributed by atoms with Crippen LogP contribution in [0.5, 0.6) is 0 Å². The highest BCUT2D eigenvalue weighted by Crippen LogP contribution is 2.34. The molecule has 9 heteroatoms. The molecule has 0 bridgehead atoms. The molecule has 0 amide bonds. The van der Waals surface area contributed by atoms with Crippen molar-refractivity contribution in [1.82, 2.24) is 0 Å². The van der Waals surface area contributed by atoms with Gasteiger partial charge in [-0.05, 0) is 58.4 Å². The van der Waals surface area contributed by atoms with E-state index in [0.717, 1.165) is 36.4 Å². The Morgan fingerprint density at radius 3 is 2.14 bits per heavy atom. The first-order valence-electron chi connectivity index (χ1n) is 5.75. The summed E-state index contributed by atoms with van der Waals surface area (Å²) in [5, 5.41) is 0. The molecule has 0 aliphatic carbocycles. The molecule has 0 aliphatic heterocycles. The van der Waals surface area contributed by atoms with Crippen molar-refractivity contribution in [3.05, 3.63) is 58.3 Å². The van der Waals surface area contributed by atoms with Gasteiger partial charge in [-0.3, -0.25) is 4.72 Å². The summed E-state index contributed by atoms with van der Waals surface area (Å²) in [5.74, 6) is -0.626. The molecule has 2 aromatic rings. The Hall–Kier alpha value is -1.61. The van der Waals surface area contributed by atoms with E-state index in [1.54, 1.807) is 0 Å². The van der Waals surface area contributed by atoms with E-state index in [2.05, 4.69) is 15.9 Å². The molecule has 0 aromatic heterocycles. The van der Waals surface area contributed by atoms with E-state index in [9.17, 15) is 26.0 Å². The molecule has 0 radical (unpaired) electrons. The predicted octanol–water partition coefficient (Wildman–Crippen LogP) is 4.41. The van der Waals surface area contributed by atoms with E-state index in [1.807, 2.05) is 4.72 Å². The number of sulfonamides is 1. The van der Waals surface area contributed by atoms with Crippen molar-refractivity contribution >= 4 is 31.6 Å². The van der Waals surface area contributed by atoms with E-state index in [0.29, 0.717) is 6.07 Å². The van der Waals surface area contributed by atoms with Crippen LogP contribution in [0, 0.1) is 5.82 Å². The molecule has 0 saturated heterocycles. The van der Waals surface area contributed by atoms with Crippen molar-refractivity contribution in [3.8, 4) is 0 Å². The zero-order valence-electron chi connectivity index (χ0n) is 10.7. The molecule has 0 fully saturated rings. The van der Waals surface area contributed by atoms with Gasteiger partial charge in [-0.2, -0.15) is 13.2 Å². The van der Waals surface area contributed by atoms with Gasteiger partial charge in [0.15, 0.2) is 0 Å². The summed E-state index contributed by atoms with van der Waals surface area (Å²) in [6, 6.07) is 6.49. The molecule has 22 heavy (non-hydrogen) atoms. The minimum Gasteiger partial charge on any atom is -0.278 e. The lowest BCUT2D eigenvalue weighted by molar-refractivity contribution is -0.137. The summed E-state index contributed by atoms with van der Waals surface area (Å²) in [4.78, 5) is -0.266. The first kappa shape index (κ1) is 16.8. The van der Waals surface area contributed by atoms with Crippen LogP contribution in [-0.2, 0) is 16.2 Å². The average molecular weight is 398 g/mol. The fourth-order valence-corrected chi connectivity index (χ4v) is 3.14. The third-order valence-electron chi connectivity index (χ3n) is 2.66. The maximum Gasteiger partial charge on any atom is 0.416 e. The molecule has 0 saturated carbocycles. The topological polar surface area (TPSA) is 46.2 Å². The first-order chi connectivity index (χ1) is 10.1. The highest BCUT2D eigenvalue weighted by atomic mass is 79.9. The van der Waals surface area contributed by atoms with Gasteiger partial charge >= 0.3 is 6.18 Å². The number of anilines is 1. The minimum absolute atomic E-state index is 0.145. The monoisotopic (exact) mass is 397 g/mol.